The quantitative estimate of drug-likeness (QED) is 0.720. The molecule has 6 nitrogen and oxygen atoms in total. The second kappa shape index (κ2) is 7.60. The first-order valence-electron chi connectivity index (χ1n) is 8.89. The van der Waals surface area contributed by atoms with E-state index in [4.69, 9.17) is 4.42 Å². The summed E-state index contributed by atoms with van der Waals surface area (Å²) >= 11 is 1.25. The minimum atomic E-state index is -3.28. The third-order valence-corrected chi connectivity index (χ3v) is 7.42. The molecule has 26 heavy (non-hydrogen) atoms. The molecular formula is C18H24N2O4S2. The number of thioether (sulfide) groups is 1. The molecule has 0 aliphatic carbocycles. The number of rotatable bonds is 5. The van der Waals surface area contributed by atoms with Crippen LogP contribution in [0, 0.1) is 0 Å². The molecule has 8 heteroatoms. The van der Waals surface area contributed by atoms with E-state index in [2.05, 4.69) is 18.8 Å². The molecule has 0 radical (unpaired) electrons. The van der Waals surface area contributed by atoms with Crippen molar-refractivity contribution in [3.05, 3.63) is 18.2 Å². The first-order chi connectivity index (χ1) is 12.3. The van der Waals surface area contributed by atoms with Gasteiger partial charge in [-0.05, 0) is 51.3 Å². The predicted molar refractivity (Wildman–Crippen MR) is 102 cm³/mol. The number of oxazole rings is 1. The van der Waals surface area contributed by atoms with Gasteiger partial charge in [-0.3, -0.25) is 4.79 Å². The lowest BCUT2D eigenvalue weighted by Crippen LogP contribution is -2.48. The molecule has 1 fully saturated rings. The summed E-state index contributed by atoms with van der Waals surface area (Å²) < 4.78 is 29.6. The van der Waals surface area contributed by atoms with Crippen LogP contribution in [0.15, 0.2) is 32.7 Å². The zero-order valence-electron chi connectivity index (χ0n) is 15.3. The number of nitrogens with zero attached hydrogens (tertiary/aromatic N) is 2. The Kier molecular flexibility index (Phi) is 5.62. The van der Waals surface area contributed by atoms with Crippen LogP contribution in [-0.4, -0.2) is 47.8 Å². The van der Waals surface area contributed by atoms with Crippen LogP contribution in [0.3, 0.4) is 0 Å². The fourth-order valence-electron chi connectivity index (χ4n) is 3.42. The minimum Gasteiger partial charge on any atom is -0.431 e. The molecule has 1 saturated heterocycles. The summed E-state index contributed by atoms with van der Waals surface area (Å²) in [5.74, 6) is 0.395. The maximum atomic E-state index is 12.6. The first kappa shape index (κ1) is 19.2. The average molecular weight is 397 g/mol. The van der Waals surface area contributed by atoms with Crippen molar-refractivity contribution in [2.75, 3.05) is 11.5 Å². The summed E-state index contributed by atoms with van der Waals surface area (Å²) in [4.78, 5) is 19.1. The van der Waals surface area contributed by atoms with Gasteiger partial charge < -0.3 is 9.32 Å². The Balaban J connectivity index is 1.72. The number of piperidine rings is 1. The molecule has 1 aromatic heterocycles. The highest BCUT2D eigenvalue weighted by molar-refractivity contribution is 7.99. The van der Waals surface area contributed by atoms with E-state index in [1.807, 2.05) is 4.90 Å². The molecular weight excluding hydrogens is 372 g/mol. The summed E-state index contributed by atoms with van der Waals surface area (Å²) in [7, 11) is -3.28. The monoisotopic (exact) mass is 396 g/mol. The molecule has 3 rings (SSSR count). The first-order valence-corrected chi connectivity index (χ1v) is 11.5. The normalized spacial score (nSPS) is 21.3. The summed E-state index contributed by atoms with van der Waals surface area (Å²) in [5, 5.41) is 0.386. The SMILES string of the molecule is CCS(=O)(=O)c1ccc2oc(SCC(=O)N3C(C)CCCC3C)nc2c1. The van der Waals surface area contributed by atoms with E-state index in [0.717, 1.165) is 19.3 Å². The lowest BCUT2D eigenvalue weighted by molar-refractivity contribution is -0.134. The molecule has 0 saturated carbocycles. The molecule has 0 N–H and O–H groups in total. The Morgan fingerprint density at radius 3 is 2.65 bits per heavy atom. The standard InChI is InChI=1S/C18H24N2O4S2/c1-4-26(22,23)14-8-9-16-15(10-14)19-18(24-16)25-11-17(21)20-12(2)6-5-7-13(20)3/h8-10,12-13H,4-7,11H2,1-3H3. The van der Waals surface area contributed by atoms with Gasteiger partial charge in [-0.1, -0.05) is 18.7 Å². The lowest BCUT2D eigenvalue weighted by Gasteiger charge is -2.39. The van der Waals surface area contributed by atoms with Gasteiger partial charge in [0.1, 0.15) is 5.52 Å². The zero-order chi connectivity index (χ0) is 18.9. The largest absolute Gasteiger partial charge is 0.431 e. The van der Waals surface area contributed by atoms with Gasteiger partial charge in [-0.2, -0.15) is 0 Å². The number of benzene rings is 1. The van der Waals surface area contributed by atoms with Crippen LogP contribution < -0.4 is 0 Å². The van der Waals surface area contributed by atoms with Gasteiger partial charge in [0.05, 0.1) is 16.4 Å². The van der Waals surface area contributed by atoms with Crippen molar-refractivity contribution < 1.29 is 17.6 Å². The zero-order valence-corrected chi connectivity index (χ0v) is 16.9. The molecule has 2 aromatic rings. The predicted octanol–water partition coefficient (Wildman–Crippen LogP) is 3.50. The van der Waals surface area contributed by atoms with Crippen LogP contribution in [0.5, 0.6) is 0 Å². The van der Waals surface area contributed by atoms with E-state index >= 15 is 0 Å². The molecule has 0 spiro atoms. The molecule has 2 heterocycles. The molecule has 1 amide bonds. The minimum absolute atomic E-state index is 0.0403. The van der Waals surface area contributed by atoms with Crippen LogP contribution in [0.2, 0.25) is 0 Å². The van der Waals surface area contributed by atoms with Gasteiger partial charge in [0.15, 0.2) is 15.4 Å². The van der Waals surface area contributed by atoms with Crippen molar-refractivity contribution in [2.45, 2.75) is 62.2 Å². The van der Waals surface area contributed by atoms with Crippen LogP contribution in [0.1, 0.15) is 40.0 Å². The van der Waals surface area contributed by atoms with Gasteiger partial charge in [-0.15, -0.1) is 0 Å². The number of carbonyl (C=O) groups is 1. The summed E-state index contributed by atoms with van der Waals surface area (Å²) in [6.07, 6.45) is 3.24. The summed E-state index contributed by atoms with van der Waals surface area (Å²) in [5.41, 5.74) is 1.02. The Labute approximate surface area is 158 Å². The number of hydrogen-bond acceptors (Lipinski definition) is 6. The Morgan fingerprint density at radius 1 is 1.31 bits per heavy atom. The summed E-state index contributed by atoms with van der Waals surface area (Å²) in [6.45, 7) is 5.79. The number of hydrogen-bond donors (Lipinski definition) is 0. The van der Waals surface area contributed by atoms with Crippen LogP contribution in [-0.2, 0) is 14.6 Å². The molecule has 1 aliphatic rings. The molecule has 0 bridgehead atoms. The summed E-state index contributed by atoms with van der Waals surface area (Å²) in [6, 6.07) is 5.20. The maximum Gasteiger partial charge on any atom is 0.257 e. The van der Waals surface area contributed by atoms with Crippen LogP contribution in [0.4, 0.5) is 0 Å². The maximum absolute atomic E-state index is 12.6. The average Bonchev–Trinajstić information content (AvgIpc) is 3.02. The number of aromatic nitrogens is 1. The van der Waals surface area contributed by atoms with E-state index in [-0.39, 0.29) is 34.4 Å². The Bertz CT molecular complexity index is 897. The number of sulfone groups is 1. The highest BCUT2D eigenvalue weighted by Gasteiger charge is 2.29. The van der Waals surface area contributed by atoms with Crippen LogP contribution in [0.25, 0.3) is 11.1 Å². The van der Waals surface area contributed by atoms with Crippen molar-refractivity contribution in [3.63, 3.8) is 0 Å². The van der Waals surface area contributed by atoms with E-state index in [1.54, 1.807) is 13.0 Å². The highest BCUT2D eigenvalue weighted by Crippen LogP contribution is 2.28. The van der Waals surface area contributed by atoms with Gasteiger partial charge in [-0.25, -0.2) is 13.4 Å². The third kappa shape index (κ3) is 3.91. The second-order valence-corrected chi connectivity index (χ2v) is 9.94. The number of carbonyl (C=O) groups excluding carboxylic acids is 1. The van der Waals surface area contributed by atoms with E-state index in [0.29, 0.717) is 16.3 Å². The van der Waals surface area contributed by atoms with Crippen molar-refractivity contribution >= 4 is 38.6 Å². The van der Waals surface area contributed by atoms with Crippen molar-refractivity contribution in [2.24, 2.45) is 0 Å². The van der Waals surface area contributed by atoms with Crippen molar-refractivity contribution in [3.8, 4) is 0 Å². The van der Waals surface area contributed by atoms with Gasteiger partial charge in [0.25, 0.3) is 5.22 Å². The Morgan fingerprint density at radius 2 is 2.00 bits per heavy atom. The smallest absolute Gasteiger partial charge is 0.257 e. The van der Waals surface area contributed by atoms with Gasteiger partial charge in [0.2, 0.25) is 5.91 Å². The number of likely N-dealkylation sites (tertiary alicyclic amines) is 1. The number of amides is 1. The van der Waals surface area contributed by atoms with Gasteiger partial charge >= 0.3 is 0 Å². The van der Waals surface area contributed by atoms with E-state index in [9.17, 15) is 13.2 Å². The highest BCUT2D eigenvalue weighted by atomic mass is 32.2. The third-order valence-electron chi connectivity index (χ3n) is 4.88. The van der Waals surface area contributed by atoms with Gasteiger partial charge in [0, 0.05) is 12.1 Å². The molecule has 1 aliphatic heterocycles. The topological polar surface area (TPSA) is 80.5 Å². The fourth-order valence-corrected chi connectivity index (χ4v) is 5.03. The van der Waals surface area contributed by atoms with E-state index in [1.165, 1.54) is 23.9 Å². The van der Waals surface area contributed by atoms with Crippen molar-refractivity contribution in [1.29, 1.82) is 0 Å². The fraction of sp³-hybridized carbons (Fsp3) is 0.556. The second-order valence-electron chi connectivity index (χ2n) is 6.73. The molecule has 2 atom stereocenters. The molecule has 1 aromatic carbocycles. The molecule has 142 valence electrons. The van der Waals surface area contributed by atoms with E-state index < -0.39 is 9.84 Å². The lowest BCUT2D eigenvalue weighted by atomic mass is 9.98. The number of fused-ring (bicyclic) bond motifs is 1. The van der Waals surface area contributed by atoms with Crippen LogP contribution >= 0.6 is 11.8 Å². The molecule has 2 unspecified atom stereocenters. The van der Waals surface area contributed by atoms with Crippen molar-refractivity contribution in [1.82, 2.24) is 9.88 Å². The Hall–Kier alpha value is -1.54.